The van der Waals surface area contributed by atoms with E-state index in [4.69, 9.17) is 5.11 Å². The first kappa shape index (κ1) is 9.17. The summed E-state index contributed by atoms with van der Waals surface area (Å²) in [6, 6.07) is 0. The van der Waals surface area contributed by atoms with E-state index in [1.54, 1.807) is 6.92 Å². The third-order valence-electron chi connectivity index (χ3n) is 1.32. The molecule has 0 fully saturated rings. The number of tetrazole rings is 1. The van der Waals surface area contributed by atoms with Gasteiger partial charge in [-0.1, -0.05) is 0 Å². The third kappa shape index (κ3) is 2.01. The van der Waals surface area contributed by atoms with Crippen molar-refractivity contribution < 1.29 is 9.90 Å². The van der Waals surface area contributed by atoms with Gasteiger partial charge in [0.1, 0.15) is 0 Å². The predicted octanol–water partition coefficient (Wildman–Crippen LogP) is -0.985. The number of carbonyl (C=O) groups is 1. The molecule has 7 heteroatoms. The fraction of sp³-hybridized carbons (Fsp3) is 0.333. The fourth-order valence-corrected chi connectivity index (χ4v) is 0.713. The molecule has 0 bridgehead atoms. The van der Waals surface area contributed by atoms with Crippen molar-refractivity contribution in [1.29, 1.82) is 0 Å². The van der Waals surface area contributed by atoms with Gasteiger partial charge in [0.05, 0.1) is 0 Å². The van der Waals surface area contributed by atoms with Gasteiger partial charge in [0, 0.05) is 18.8 Å². The molecule has 0 atom stereocenters. The van der Waals surface area contributed by atoms with Crippen molar-refractivity contribution in [3.63, 3.8) is 0 Å². The molecule has 7 nitrogen and oxygen atoms in total. The maximum atomic E-state index is 11.2. The number of aliphatic carboxylic acids is 1. The van der Waals surface area contributed by atoms with Crippen molar-refractivity contribution in [1.82, 2.24) is 19.8 Å². The minimum Gasteiger partial charge on any atom is -0.478 e. The van der Waals surface area contributed by atoms with Crippen LogP contribution in [-0.2, 0) is 11.3 Å². The van der Waals surface area contributed by atoms with Crippen molar-refractivity contribution in [2.75, 3.05) is 0 Å². The Morgan fingerprint density at radius 3 is 2.77 bits per heavy atom. The fourth-order valence-electron chi connectivity index (χ4n) is 0.713. The predicted molar refractivity (Wildman–Crippen MR) is 42.9 cm³/mol. The van der Waals surface area contributed by atoms with Gasteiger partial charge in [0.25, 0.3) is 0 Å². The summed E-state index contributed by atoms with van der Waals surface area (Å²) in [6.45, 7) is 2.14. The average Bonchev–Trinajstić information content (AvgIpc) is 2.43. The third-order valence-corrected chi connectivity index (χ3v) is 1.32. The highest BCUT2D eigenvalue weighted by Gasteiger charge is 2.01. The molecule has 1 aromatic heterocycles. The molecule has 13 heavy (non-hydrogen) atoms. The van der Waals surface area contributed by atoms with Crippen LogP contribution in [0.3, 0.4) is 0 Å². The quantitative estimate of drug-likeness (QED) is 0.609. The molecule has 0 saturated carbocycles. The highest BCUT2D eigenvalue weighted by Crippen LogP contribution is 1.78. The van der Waals surface area contributed by atoms with Crippen LogP contribution in [0.15, 0.2) is 10.9 Å². The molecule has 1 N–H and O–H groups in total. The number of carboxylic acid groups (broad SMARTS) is 1. The molecule has 1 heterocycles. The van der Waals surface area contributed by atoms with Crippen LogP contribution in [0.5, 0.6) is 0 Å². The average molecular weight is 184 g/mol. The van der Waals surface area contributed by atoms with Crippen LogP contribution in [0.2, 0.25) is 0 Å². The number of aryl methyl sites for hydroxylation is 1. The lowest BCUT2D eigenvalue weighted by molar-refractivity contribution is -0.131. The van der Waals surface area contributed by atoms with Gasteiger partial charge in [-0.05, 0) is 17.4 Å². The number of rotatable bonds is 3. The van der Waals surface area contributed by atoms with Gasteiger partial charge in [-0.3, -0.25) is 0 Å². The molecule has 0 aliphatic heterocycles. The first-order valence-electron chi connectivity index (χ1n) is 3.58. The summed E-state index contributed by atoms with van der Waals surface area (Å²) in [5.74, 6) is -1.14. The van der Waals surface area contributed by atoms with Gasteiger partial charge in [-0.15, -0.1) is 0 Å². The van der Waals surface area contributed by atoms with Crippen LogP contribution in [0.4, 0.5) is 0 Å². The van der Waals surface area contributed by atoms with Crippen LogP contribution in [0, 0.1) is 0 Å². The molecule has 0 radical (unpaired) electrons. The lowest BCUT2D eigenvalue weighted by Gasteiger charge is -1.86. The number of carboxylic acids is 1. The van der Waals surface area contributed by atoms with E-state index in [2.05, 4.69) is 10.4 Å². The van der Waals surface area contributed by atoms with Crippen LogP contribution < -0.4 is 5.69 Å². The van der Waals surface area contributed by atoms with E-state index >= 15 is 0 Å². The molecule has 0 unspecified atom stereocenters. The summed E-state index contributed by atoms with van der Waals surface area (Å²) in [5, 5.41) is 15.2. The van der Waals surface area contributed by atoms with Crippen molar-refractivity contribution in [2.45, 2.75) is 13.5 Å². The Morgan fingerprint density at radius 2 is 2.31 bits per heavy atom. The van der Waals surface area contributed by atoms with E-state index in [1.807, 2.05) is 0 Å². The van der Waals surface area contributed by atoms with E-state index in [-0.39, 0.29) is 0 Å². The lowest BCUT2D eigenvalue weighted by atomic mass is 10.6. The molecule has 1 aromatic rings. The second-order valence-corrected chi connectivity index (χ2v) is 2.18. The second-order valence-electron chi connectivity index (χ2n) is 2.18. The normalized spacial score (nSPS) is 10.8. The zero-order valence-corrected chi connectivity index (χ0v) is 6.91. The number of nitrogens with zero attached hydrogens (tertiary/aromatic N) is 4. The molecular weight excluding hydrogens is 176 g/mol. The van der Waals surface area contributed by atoms with E-state index in [1.165, 1.54) is 0 Å². The van der Waals surface area contributed by atoms with Gasteiger partial charge >= 0.3 is 11.7 Å². The summed E-state index contributed by atoms with van der Waals surface area (Å²) < 4.78 is 1.98. The topological polar surface area (TPSA) is 90.0 Å². The zero-order chi connectivity index (χ0) is 9.84. The highest BCUT2D eigenvalue weighted by atomic mass is 16.4. The Hall–Kier alpha value is -1.92. The molecular formula is C6H8N4O3. The molecule has 1 rings (SSSR count). The van der Waals surface area contributed by atoms with Crippen LogP contribution in [-0.4, -0.2) is 30.9 Å². The largest absolute Gasteiger partial charge is 0.478 e. The summed E-state index contributed by atoms with van der Waals surface area (Å²) in [5.41, 5.74) is -0.458. The Labute approximate surface area is 72.9 Å². The van der Waals surface area contributed by atoms with E-state index in [9.17, 15) is 9.59 Å². The molecule has 0 aromatic carbocycles. The van der Waals surface area contributed by atoms with Crippen LogP contribution in [0.25, 0.3) is 6.20 Å². The number of hydrogen-bond acceptors (Lipinski definition) is 4. The maximum Gasteiger partial charge on any atom is 0.367 e. The van der Waals surface area contributed by atoms with Gasteiger partial charge in [-0.2, -0.15) is 9.36 Å². The smallest absolute Gasteiger partial charge is 0.367 e. The monoisotopic (exact) mass is 184 g/mol. The first-order valence-corrected chi connectivity index (χ1v) is 3.58. The van der Waals surface area contributed by atoms with Gasteiger partial charge in [-0.25, -0.2) is 9.59 Å². The van der Waals surface area contributed by atoms with Crippen molar-refractivity contribution in [3.05, 3.63) is 16.6 Å². The van der Waals surface area contributed by atoms with E-state index < -0.39 is 11.7 Å². The van der Waals surface area contributed by atoms with Gasteiger partial charge < -0.3 is 5.11 Å². The molecule has 0 aliphatic rings. The first-order chi connectivity index (χ1) is 6.15. The van der Waals surface area contributed by atoms with Gasteiger partial charge in [0.2, 0.25) is 0 Å². The molecule has 0 amide bonds. The van der Waals surface area contributed by atoms with Crippen LogP contribution in [0.1, 0.15) is 6.92 Å². The second kappa shape index (κ2) is 3.65. The van der Waals surface area contributed by atoms with E-state index in [0.29, 0.717) is 6.54 Å². The Morgan fingerprint density at radius 1 is 1.62 bits per heavy atom. The van der Waals surface area contributed by atoms with Crippen molar-refractivity contribution in [2.24, 2.45) is 0 Å². The van der Waals surface area contributed by atoms with Crippen molar-refractivity contribution in [3.8, 4) is 0 Å². The molecule has 70 valence electrons. The molecule has 0 spiro atoms. The summed E-state index contributed by atoms with van der Waals surface area (Å²) in [7, 11) is 0. The summed E-state index contributed by atoms with van der Waals surface area (Å²) in [6.07, 6.45) is 1.86. The zero-order valence-electron chi connectivity index (χ0n) is 6.91. The minimum absolute atomic E-state index is 0.403. The number of hydrogen-bond donors (Lipinski definition) is 1. The minimum atomic E-state index is -1.14. The Bertz CT molecular complexity index is 389. The Balaban J connectivity index is 2.97. The highest BCUT2D eigenvalue weighted by molar-refractivity contribution is 5.82. The summed E-state index contributed by atoms with van der Waals surface area (Å²) >= 11 is 0. The van der Waals surface area contributed by atoms with E-state index in [0.717, 1.165) is 21.6 Å². The lowest BCUT2D eigenvalue weighted by Crippen LogP contribution is -2.21. The maximum absolute atomic E-state index is 11.2. The van der Waals surface area contributed by atoms with Crippen LogP contribution >= 0.6 is 0 Å². The SMILES string of the molecule is CCn1nnn(/C=C\C(=O)O)c1=O. The molecule has 0 aliphatic carbocycles. The standard InChI is InChI=1S/C6H8N4O3/c1-2-9-6(13)10(8-7-9)4-3-5(11)12/h3-4H,2H2,1H3,(H,11,12)/b4-3-. The van der Waals surface area contributed by atoms with Gasteiger partial charge in [0.15, 0.2) is 0 Å². The summed E-state index contributed by atoms with van der Waals surface area (Å²) in [4.78, 5) is 21.3. The molecule has 0 saturated heterocycles. The van der Waals surface area contributed by atoms with Crippen molar-refractivity contribution >= 4 is 12.2 Å². The Kier molecular flexibility index (Phi) is 2.58. The number of aromatic nitrogens is 4.